The molecule has 1 amide bonds. The van der Waals surface area contributed by atoms with Gasteiger partial charge in [0.05, 0.1) is 10.7 Å². The molecule has 0 atom stereocenters. The van der Waals surface area contributed by atoms with E-state index in [1.165, 1.54) is 10.6 Å². The Hall–Kier alpha value is -2.41. The molecule has 1 aromatic heterocycles. The van der Waals surface area contributed by atoms with E-state index < -0.39 is 0 Å². The minimum absolute atomic E-state index is 0.00985. The molecule has 0 aliphatic rings. The van der Waals surface area contributed by atoms with Crippen molar-refractivity contribution in [2.24, 2.45) is 4.99 Å². The van der Waals surface area contributed by atoms with Crippen LogP contribution in [-0.2, 0) is 19.4 Å². The third kappa shape index (κ3) is 6.06. The molecule has 0 radical (unpaired) electrons. The number of rotatable bonds is 7. The Morgan fingerprint density at radius 3 is 2.48 bits per heavy atom. The first-order chi connectivity index (χ1) is 12.9. The van der Waals surface area contributed by atoms with E-state index in [4.69, 9.17) is 0 Å². The van der Waals surface area contributed by atoms with Crippen LogP contribution in [0, 0.1) is 6.92 Å². The van der Waals surface area contributed by atoms with E-state index in [1.54, 1.807) is 37.4 Å². The maximum atomic E-state index is 11.9. The predicted octanol–water partition coefficient (Wildman–Crippen LogP) is 2.62. The van der Waals surface area contributed by atoms with Gasteiger partial charge in [0.1, 0.15) is 0 Å². The molecule has 0 unspecified atom stereocenters. The van der Waals surface area contributed by atoms with Crippen molar-refractivity contribution in [2.45, 2.75) is 33.2 Å². The molecule has 1 aromatic carbocycles. The molecule has 0 saturated carbocycles. The van der Waals surface area contributed by atoms with Crippen molar-refractivity contribution in [2.75, 3.05) is 27.7 Å². The summed E-state index contributed by atoms with van der Waals surface area (Å²) >= 11 is 1.77. The van der Waals surface area contributed by atoms with Crippen LogP contribution in [-0.4, -0.2) is 49.4 Å². The third-order valence-corrected chi connectivity index (χ3v) is 5.27. The second-order valence-electron chi connectivity index (χ2n) is 6.46. The highest BCUT2D eigenvalue weighted by molar-refractivity contribution is 7.11. The molecule has 0 bridgehead atoms. The number of carbonyl (C=O) groups excluding carboxylic acids is 1. The van der Waals surface area contributed by atoms with Crippen molar-refractivity contribution in [1.29, 1.82) is 0 Å². The van der Waals surface area contributed by atoms with Gasteiger partial charge in [0.2, 0.25) is 0 Å². The fraction of sp³-hybridized carbons (Fsp3) is 0.450. The molecule has 7 heteroatoms. The first-order valence-electron chi connectivity index (χ1n) is 9.14. The Labute approximate surface area is 165 Å². The molecule has 0 fully saturated rings. The number of carbonyl (C=O) groups is 1. The summed E-state index contributed by atoms with van der Waals surface area (Å²) in [6, 6.07) is 7.63. The van der Waals surface area contributed by atoms with Gasteiger partial charge in [0.15, 0.2) is 5.96 Å². The van der Waals surface area contributed by atoms with Crippen molar-refractivity contribution < 1.29 is 4.79 Å². The fourth-order valence-electron chi connectivity index (χ4n) is 2.64. The van der Waals surface area contributed by atoms with Gasteiger partial charge < -0.3 is 15.5 Å². The molecule has 6 nitrogen and oxygen atoms in total. The van der Waals surface area contributed by atoms with Crippen molar-refractivity contribution in [3.05, 3.63) is 51.0 Å². The lowest BCUT2D eigenvalue weighted by Gasteiger charge is -2.13. The summed E-state index contributed by atoms with van der Waals surface area (Å²) in [6.07, 6.45) is 1.87. The molecular weight excluding hydrogens is 358 g/mol. The number of nitrogens with zero attached hydrogens (tertiary/aromatic N) is 3. The van der Waals surface area contributed by atoms with Crippen LogP contribution >= 0.6 is 11.3 Å². The van der Waals surface area contributed by atoms with Crippen molar-refractivity contribution in [1.82, 2.24) is 20.5 Å². The van der Waals surface area contributed by atoms with Crippen molar-refractivity contribution in [3.8, 4) is 0 Å². The van der Waals surface area contributed by atoms with Gasteiger partial charge in [-0.25, -0.2) is 4.98 Å². The highest BCUT2D eigenvalue weighted by atomic mass is 32.1. The van der Waals surface area contributed by atoms with Crippen LogP contribution in [0.2, 0.25) is 0 Å². The first kappa shape index (κ1) is 20.9. The largest absolute Gasteiger partial charge is 0.356 e. The summed E-state index contributed by atoms with van der Waals surface area (Å²) in [7, 11) is 5.27. The van der Waals surface area contributed by atoms with Crippen LogP contribution < -0.4 is 10.6 Å². The average Bonchev–Trinajstić information content (AvgIpc) is 3.03. The summed E-state index contributed by atoms with van der Waals surface area (Å²) in [6.45, 7) is 5.70. The lowest BCUT2D eigenvalue weighted by molar-refractivity contribution is 0.0827. The summed E-state index contributed by atoms with van der Waals surface area (Å²) in [5.74, 6) is 0.767. The molecule has 0 aliphatic heterocycles. The van der Waals surface area contributed by atoms with E-state index in [1.807, 2.05) is 24.3 Å². The molecule has 0 saturated heterocycles. The third-order valence-electron chi connectivity index (χ3n) is 4.19. The first-order valence-corrected chi connectivity index (χ1v) is 9.96. The molecular formula is C20H29N5OS. The molecule has 0 aliphatic carbocycles. The number of benzene rings is 1. The van der Waals surface area contributed by atoms with Gasteiger partial charge in [-0.1, -0.05) is 19.1 Å². The number of nitrogens with one attached hydrogen (secondary N) is 2. The maximum Gasteiger partial charge on any atom is 0.253 e. The van der Waals surface area contributed by atoms with E-state index in [9.17, 15) is 4.79 Å². The summed E-state index contributed by atoms with van der Waals surface area (Å²) in [4.78, 5) is 23.7. The molecule has 27 heavy (non-hydrogen) atoms. The lowest BCUT2D eigenvalue weighted by Crippen LogP contribution is -2.37. The molecule has 2 N–H and O–H groups in total. The quantitative estimate of drug-likeness (QED) is 0.566. The lowest BCUT2D eigenvalue weighted by atomic mass is 10.1. The standard InChI is InChI=1S/C20H29N5OS/c1-6-17-14(2)27-18(24-17)11-12-22-20(21-3)23-13-15-7-9-16(10-8-15)19(26)25(4)5/h7-10H,6,11-13H2,1-5H3,(H2,21,22,23). The van der Waals surface area contributed by atoms with Crippen LogP contribution in [0.5, 0.6) is 0 Å². The van der Waals surface area contributed by atoms with Crippen LogP contribution in [0.4, 0.5) is 0 Å². The number of amides is 1. The molecule has 2 aromatic rings. The summed E-state index contributed by atoms with van der Waals surface area (Å²) in [5, 5.41) is 7.78. The number of aryl methyl sites for hydroxylation is 2. The van der Waals surface area contributed by atoms with Gasteiger partial charge in [-0.3, -0.25) is 9.79 Å². The van der Waals surface area contributed by atoms with E-state index in [-0.39, 0.29) is 5.91 Å². The maximum absolute atomic E-state index is 11.9. The zero-order chi connectivity index (χ0) is 19.8. The number of hydrogen-bond donors (Lipinski definition) is 2. The second kappa shape index (κ2) is 10.1. The van der Waals surface area contributed by atoms with E-state index in [2.05, 4.69) is 34.5 Å². The zero-order valence-electron chi connectivity index (χ0n) is 16.8. The van der Waals surface area contributed by atoms with Crippen LogP contribution in [0.15, 0.2) is 29.3 Å². The SMILES string of the molecule is CCc1nc(CCNC(=NC)NCc2ccc(C(=O)N(C)C)cc2)sc1C. The minimum atomic E-state index is 0.00985. The number of aliphatic imine (C=N–C) groups is 1. The van der Waals surface area contributed by atoms with Crippen LogP contribution in [0.3, 0.4) is 0 Å². The highest BCUT2D eigenvalue weighted by Gasteiger charge is 2.08. The van der Waals surface area contributed by atoms with Gasteiger partial charge in [0.25, 0.3) is 5.91 Å². The monoisotopic (exact) mass is 387 g/mol. The fourth-order valence-corrected chi connectivity index (χ4v) is 3.66. The van der Waals surface area contributed by atoms with E-state index in [0.29, 0.717) is 12.1 Å². The average molecular weight is 388 g/mol. The van der Waals surface area contributed by atoms with Gasteiger partial charge in [-0.05, 0) is 31.0 Å². The Kier molecular flexibility index (Phi) is 7.79. The van der Waals surface area contributed by atoms with Gasteiger partial charge in [0, 0.05) is 51.1 Å². The number of hydrogen-bond acceptors (Lipinski definition) is 4. The number of aromatic nitrogens is 1. The molecule has 0 spiro atoms. The number of guanidine groups is 1. The van der Waals surface area contributed by atoms with E-state index in [0.717, 1.165) is 35.9 Å². The Morgan fingerprint density at radius 1 is 1.22 bits per heavy atom. The minimum Gasteiger partial charge on any atom is -0.356 e. The van der Waals surface area contributed by atoms with Gasteiger partial charge >= 0.3 is 0 Å². The second-order valence-corrected chi connectivity index (χ2v) is 7.75. The predicted molar refractivity (Wildman–Crippen MR) is 113 cm³/mol. The topological polar surface area (TPSA) is 69.6 Å². The van der Waals surface area contributed by atoms with Crippen LogP contribution in [0.1, 0.15) is 38.4 Å². The highest BCUT2D eigenvalue weighted by Crippen LogP contribution is 2.17. The van der Waals surface area contributed by atoms with Crippen LogP contribution in [0.25, 0.3) is 0 Å². The van der Waals surface area contributed by atoms with Crippen molar-refractivity contribution in [3.63, 3.8) is 0 Å². The molecule has 2 rings (SSSR count). The smallest absolute Gasteiger partial charge is 0.253 e. The summed E-state index contributed by atoms with van der Waals surface area (Å²) < 4.78 is 0. The summed E-state index contributed by atoms with van der Waals surface area (Å²) in [5.41, 5.74) is 2.99. The Balaban J connectivity index is 1.80. The Morgan fingerprint density at radius 2 is 1.93 bits per heavy atom. The van der Waals surface area contributed by atoms with Crippen molar-refractivity contribution >= 4 is 23.2 Å². The van der Waals surface area contributed by atoms with Gasteiger partial charge in [-0.2, -0.15) is 0 Å². The Bertz CT molecular complexity index is 780. The number of thiazole rings is 1. The van der Waals surface area contributed by atoms with E-state index >= 15 is 0 Å². The molecule has 146 valence electrons. The van der Waals surface area contributed by atoms with Gasteiger partial charge in [-0.15, -0.1) is 11.3 Å². The zero-order valence-corrected chi connectivity index (χ0v) is 17.6. The normalized spacial score (nSPS) is 11.4. The molecule has 1 heterocycles.